The molecular weight excluding hydrogens is 172 g/mol. The first-order valence-electron chi connectivity index (χ1n) is 5.63. The van der Waals surface area contributed by atoms with Gasteiger partial charge in [-0.2, -0.15) is 0 Å². The number of aliphatic imine (C=N–C) groups is 1. The van der Waals surface area contributed by atoms with Crippen LogP contribution in [0, 0.1) is 11.3 Å². The quantitative estimate of drug-likeness (QED) is 0.663. The lowest BCUT2D eigenvalue weighted by atomic mass is 9.78. The van der Waals surface area contributed by atoms with Crippen molar-refractivity contribution in [3.63, 3.8) is 0 Å². The van der Waals surface area contributed by atoms with Gasteiger partial charge in [-0.05, 0) is 25.2 Å². The second-order valence-electron chi connectivity index (χ2n) is 5.35. The zero-order chi connectivity index (χ0) is 10.9. The summed E-state index contributed by atoms with van der Waals surface area (Å²) in [5, 5.41) is 0. The molecule has 1 fully saturated rings. The highest BCUT2D eigenvalue weighted by Gasteiger charge is 2.40. The fourth-order valence-electron chi connectivity index (χ4n) is 2.07. The smallest absolute Gasteiger partial charge is 0.0994 e. The van der Waals surface area contributed by atoms with Crippen LogP contribution < -0.4 is 0 Å². The molecule has 0 amide bonds. The minimum Gasteiger partial charge on any atom is -0.357 e. The third-order valence-corrected chi connectivity index (χ3v) is 3.70. The molecule has 1 atom stereocenters. The van der Waals surface area contributed by atoms with Crippen LogP contribution in [-0.2, 0) is 0 Å². The van der Waals surface area contributed by atoms with Gasteiger partial charge in [0.1, 0.15) is 0 Å². The van der Waals surface area contributed by atoms with Gasteiger partial charge in [-0.25, -0.2) is 0 Å². The number of rotatable bonds is 2. The minimum atomic E-state index is 0.416. The van der Waals surface area contributed by atoms with Gasteiger partial charge in [-0.1, -0.05) is 20.8 Å². The van der Waals surface area contributed by atoms with Gasteiger partial charge in [0.05, 0.1) is 5.84 Å². The predicted octanol–water partition coefficient (Wildman–Crippen LogP) is 2.79. The molecule has 1 rings (SSSR count). The van der Waals surface area contributed by atoms with E-state index < -0.39 is 0 Å². The third-order valence-electron chi connectivity index (χ3n) is 3.70. The Labute approximate surface area is 88.4 Å². The van der Waals surface area contributed by atoms with Crippen LogP contribution >= 0.6 is 0 Å². The second-order valence-corrected chi connectivity index (χ2v) is 5.35. The Morgan fingerprint density at radius 3 is 2.14 bits per heavy atom. The van der Waals surface area contributed by atoms with Crippen LogP contribution in [0.15, 0.2) is 4.99 Å². The standard InChI is InChI=1S/C12H24N2/c1-9(2)12(5)7-11(13-6)14(8-12)10(3)4/h9-10H,7-8H2,1-6H3/b13-11-. The molecule has 0 spiro atoms. The Morgan fingerprint density at radius 2 is 1.86 bits per heavy atom. The Bertz CT molecular complexity index is 230. The highest BCUT2D eigenvalue weighted by atomic mass is 15.2. The average Bonchev–Trinajstić information content (AvgIpc) is 2.44. The zero-order valence-electron chi connectivity index (χ0n) is 10.5. The summed E-state index contributed by atoms with van der Waals surface area (Å²) in [4.78, 5) is 6.86. The lowest BCUT2D eigenvalue weighted by Gasteiger charge is -2.30. The highest BCUT2D eigenvalue weighted by Crippen LogP contribution is 2.39. The van der Waals surface area contributed by atoms with Crippen LogP contribution in [-0.4, -0.2) is 30.4 Å². The second kappa shape index (κ2) is 3.92. The number of hydrogen-bond acceptors (Lipinski definition) is 1. The summed E-state index contributed by atoms with van der Waals surface area (Å²) in [7, 11) is 1.91. The van der Waals surface area contributed by atoms with E-state index in [4.69, 9.17) is 0 Å². The molecule has 0 saturated carbocycles. The maximum absolute atomic E-state index is 4.41. The summed E-state index contributed by atoms with van der Waals surface area (Å²) < 4.78 is 0. The molecule has 1 aliphatic rings. The molecule has 0 N–H and O–H groups in total. The first-order valence-corrected chi connectivity index (χ1v) is 5.63. The molecule has 0 aromatic rings. The number of amidine groups is 1. The minimum absolute atomic E-state index is 0.416. The number of likely N-dealkylation sites (tertiary alicyclic amines) is 1. The predicted molar refractivity (Wildman–Crippen MR) is 62.8 cm³/mol. The van der Waals surface area contributed by atoms with Gasteiger partial charge in [0.2, 0.25) is 0 Å². The molecule has 0 radical (unpaired) electrons. The Morgan fingerprint density at radius 1 is 1.29 bits per heavy atom. The molecule has 1 heterocycles. The molecule has 0 aliphatic carbocycles. The number of nitrogens with zero attached hydrogens (tertiary/aromatic N) is 2. The van der Waals surface area contributed by atoms with Crippen LogP contribution in [0.25, 0.3) is 0 Å². The van der Waals surface area contributed by atoms with Crippen molar-refractivity contribution < 1.29 is 0 Å². The van der Waals surface area contributed by atoms with Crippen LogP contribution in [0.2, 0.25) is 0 Å². The summed E-state index contributed by atoms with van der Waals surface area (Å²) in [6.07, 6.45) is 1.14. The van der Waals surface area contributed by atoms with Crippen molar-refractivity contribution in [1.82, 2.24) is 4.90 Å². The third kappa shape index (κ3) is 1.94. The molecule has 0 bridgehead atoms. The van der Waals surface area contributed by atoms with Crippen molar-refractivity contribution in [2.75, 3.05) is 13.6 Å². The van der Waals surface area contributed by atoms with Gasteiger partial charge in [0, 0.05) is 26.1 Å². The first kappa shape index (κ1) is 11.5. The zero-order valence-corrected chi connectivity index (χ0v) is 10.5. The van der Waals surface area contributed by atoms with Crippen LogP contribution in [0.1, 0.15) is 41.0 Å². The van der Waals surface area contributed by atoms with E-state index in [1.165, 1.54) is 5.84 Å². The lowest BCUT2D eigenvalue weighted by molar-refractivity contribution is 0.198. The van der Waals surface area contributed by atoms with Crippen molar-refractivity contribution >= 4 is 5.84 Å². The van der Waals surface area contributed by atoms with Gasteiger partial charge in [0.25, 0.3) is 0 Å². The summed E-state index contributed by atoms with van der Waals surface area (Å²) in [6.45, 7) is 12.7. The van der Waals surface area contributed by atoms with Gasteiger partial charge >= 0.3 is 0 Å². The van der Waals surface area contributed by atoms with Crippen molar-refractivity contribution in [2.24, 2.45) is 16.3 Å². The molecular formula is C12H24N2. The maximum atomic E-state index is 4.41. The Hall–Kier alpha value is -0.530. The van der Waals surface area contributed by atoms with E-state index in [2.05, 4.69) is 44.5 Å². The Kier molecular flexibility index (Phi) is 3.23. The van der Waals surface area contributed by atoms with Gasteiger partial charge in [-0.3, -0.25) is 4.99 Å². The van der Waals surface area contributed by atoms with Crippen LogP contribution in [0.4, 0.5) is 0 Å². The largest absolute Gasteiger partial charge is 0.357 e. The van der Waals surface area contributed by atoms with E-state index in [0.717, 1.165) is 18.9 Å². The lowest BCUT2D eigenvalue weighted by Crippen LogP contribution is -2.34. The molecule has 0 aromatic carbocycles. The van der Waals surface area contributed by atoms with E-state index in [-0.39, 0.29) is 0 Å². The normalized spacial score (nSPS) is 31.1. The Balaban J connectivity index is 2.85. The summed E-state index contributed by atoms with van der Waals surface area (Å²) in [6, 6.07) is 0.578. The fourth-order valence-corrected chi connectivity index (χ4v) is 2.07. The van der Waals surface area contributed by atoms with Gasteiger partial charge < -0.3 is 4.90 Å². The van der Waals surface area contributed by atoms with E-state index in [1.807, 2.05) is 7.05 Å². The van der Waals surface area contributed by atoms with Crippen molar-refractivity contribution in [3.8, 4) is 0 Å². The van der Waals surface area contributed by atoms with Crippen molar-refractivity contribution in [1.29, 1.82) is 0 Å². The maximum Gasteiger partial charge on any atom is 0.0994 e. The van der Waals surface area contributed by atoms with Crippen LogP contribution in [0.5, 0.6) is 0 Å². The molecule has 1 unspecified atom stereocenters. The summed E-state index contributed by atoms with van der Waals surface area (Å²) >= 11 is 0. The fraction of sp³-hybridized carbons (Fsp3) is 0.917. The van der Waals surface area contributed by atoms with E-state index in [0.29, 0.717) is 11.5 Å². The van der Waals surface area contributed by atoms with Gasteiger partial charge in [-0.15, -0.1) is 0 Å². The molecule has 1 aliphatic heterocycles. The van der Waals surface area contributed by atoms with E-state index in [1.54, 1.807) is 0 Å². The van der Waals surface area contributed by atoms with Crippen LogP contribution in [0.3, 0.4) is 0 Å². The summed E-state index contributed by atoms with van der Waals surface area (Å²) in [5.74, 6) is 2.01. The molecule has 1 saturated heterocycles. The SMILES string of the molecule is C/N=C1/CC(C)(C(C)C)CN1C(C)C. The van der Waals surface area contributed by atoms with E-state index in [9.17, 15) is 0 Å². The first-order chi connectivity index (χ1) is 6.40. The molecule has 0 aromatic heterocycles. The van der Waals surface area contributed by atoms with E-state index >= 15 is 0 Å². The number of hydrogen-bond donors (Lipinski definition) is 0. The molecule has 2 heteroatoms. The summed E-state index contributed by atoms with van der Waals surface area (Å²) in [5.41, 5.74) is 0.416. The topological polar surface area (TPSA) is 15.6 Å². The average molecular weight is 196 g/mol. The van der Waals surface area contributed by atoms with Crippen molar-refractivity contribution in [2.45, 2.75) is 47.1 Å². The highest BCUT2D eigenvalue weighted by molar-refractivity contribution is 5.85. The monoisotopic (exact) mass is 196 g/mol. The van der Waals surface area contributed by atoms with Gasteiger partial charge in [0.15, 0.2) is 0 Å². The molecule has 2 nitrogen and oxygen atoms in total. The molecule has 14 heavy (non-hydrogen) atoms. The molecule has 82 valence electrons. The van der Waals surface area contributed by atoms with Crippen molar-refractivity contribution in [3.05, 3.63) is 0 Å².